The number of amides is 2. The molecule has 2 aliphatic rings. The number of pyridine rings is 1. The van der Waals surface area contributed by atoms with E-state index in [1.54, 1.807) is 13.2 Å². The number of thiocarbonyl (C=S) groups is 1. The van der Waals surface area contributed by atoms with Crippen LogP contribution in [0.25, 0.3) is 17.0 Å². The molecule has 2 fully saturated rings. The molecule has 2 aromatic rings. The Labute approximate surface area is 174 Å². The maximum atomic E-state index is 12.4. The first-order chi connectivity index (χ1) is 14.0. The van der Waals surface area contributed by atoms with Crippen molar-refractivity contribution < 1.29 is 14.3 Å². The number of nitrogens with one attached hydrogen (secondary N) is 1. The minimum atomic E-state index is -0.388. The van der Waals surface area contributed by atoms with Crippen molar-refractivity contribution in [2.75, 3.05) is 25.1 Å². The number of aromatic nitrogens is 1. The normalized spacial score (nSPS) is 18.5. The molecule has 2 amide bonds. The number of fused-ring (bicyclic) bond motifs is 1. The van der Waals surface area contributed by atoms with Crippen molar-refractivity contribution in [3.63, 3.8) is 0 Å². The van der Waals surface area contributed by atoms with Crippen LogP contribution in [0.3, 0.4) is 0 Å². The minimum Gasteiger partial charge on any atom is -0.497 e. The fraction of sp³-hybridized carbons (Fsp3) is 0.333. The van der Waals surface area contributed by atoms with Gasteiger partial charge in [0.05, 0.1) is 12.6 Å². The van der Waals surface area contributed by atoms with Crippen molar-refractivity contribution in [2.24, 2.45) is 0 Å². The molecule has 0 saturated carbocycles. The lowest BCUT2D eigenvalue weighted by atomic mass is 10.1. The second-order valence-electron chi connectivity index (χ2n) is 7.15. The molecule has 0 radical (unpaired) electrons. The second kappa shape index (κ2) is 7.79. The Morgan fingerprint density at radius 1 is 1.24 bits per heavy atom. The van der Waals surface area contributed by atoms with Gasteiger partial charge in [-0.1, -0.05) is 0 Å². The molecule has 3 heterocycles. The smallest absolute Gasteiger partial charge is 0.274 e. The largest absolute Gasteiger partial charge is 0.497 e. The molecule has 0 aliphatic carbocycles. The highest BCUT2D eigenvalue weighted by atomic mass is 32.1. The Morgan fingerprint density at radius 3 is 2.69 bits per heavy atom. The summed E-state index contributed by atoms with van der Waals surface area (Å²) in [5, 5.41) is 3.54. The summed E-state index contributed by atoms with van der Waals surface area (Å²) in [6.45, 7) is 3.20. The van der Waals surface area contributed by atoms with Gasteiger partial charge in [0.15, 0.2) is 5.11 Å². The van der Waals surface area contributed by atoms with E-state index in [2.05, 4.69) is 10.2 Å². The first kappa shape index (κ1) is 19.3. The van der Waals surface area contributed by atoms with Crippen molar-refractivity contribution >= 4 is 51.9 Å². The Hall–Kier alpha value is -3.00. The lowest BCUT2D eigenvalue weighted by molar-refractivity contribution is -0.125. The van der Waals surface area contributed by atoms with E-state index in [9.17, 15) is 9.59 Å². The van der Waals surface area contributed by atoms with Gasteiger partial charge < -0.3 is 9.64 Å². The summed E-state index contributed by atoms with van der Waals surface area (Å²) >= 11 is 5.14. The molecule has 1 N–H and O–H groups in total. The Kier molecular flexibility index (Phi) is 5.19. The quantitative estimate of drug-likeness (QED) is 0.620. The average Bonchev–Trinajstić information content (AvgIpc) is 3.00. The Bertz CT molecular complexity index is 1040. The molecule has 7 nitrogen and oxygen atoms in total. The summed E-state index contributed by atoms with van der Waals surface area (Å²) in [7, 11) is 1.62. The van der Waals surface area contributed by atoms with Crippen molar-refractivity contribution in [2.45, 2.75) is 26.2 Å². The topological polar surface area (TPSA) is 74.8 Å². The van der Waals surface area contributed by atoms with Gasteiger partial charge in [-0.2, -0.15) is 0 Å². The number of rotatable bonds is 3. The van der Waals surface area contributed by atoms with Crippen LogP contribution in [0.4, 0.5) is 5.82 Å². The molecule has 2 saturated heterocycles. The predicted octanol–water partition coefficient (Wildman–Crippen LogP) is 2.84. The van der Waals surface area contributed by atoms with Gasteiger partial charge in [-0.15, -0.1) is 0 Å². The lowest BCUT2D eigenvalue weighted by Crippen LogP contribution is -2.31. The summed E-state index contributed by atoms with van der Waals surface area (Å²) in [6, 6.07) is 7.70. The molecule has 0 atom stereocenters. The second-order valence-corrected chi connectivity index (χ2v) is 7.54. The van der Waals surface area contributed by atoms with Crippen LogP contribution in [0.1, 0.15) is 31.7 Å². The van der Waals surface area contributed by atoms with Crippen molar-refractivity contribution in [3.8, 4) is 5.75 Å². The van der Waals surface area contributed by atoms with Gasteiger partial charge >= 0.3 is 0 Å². The van der Waals surface area contributed by atoms with Crippen LogP contribution in [0, 0.1) is 0 Å². The number of ether oxygens (including phenoxy) is 1. The molecule has 1 aromatic carbocycles. The third-order valence-electron chi connectivity index (χ3n) is 5.19. The summed E-state index contributed by atoms with van der Waals surface area (Å²) in [6.07, 6.45) is 5.10. The Morgan fingerprint density at radius 2 is 2.00 bits per heavy atom. The van der Waals surface area contributed by atoms with Crippen molar-refractivity contribution in [1.29, 1.82) is 0 Å². The van der Waals surface area contributed by atoms with Gasteiger partial charge in [-0.05, 0) is 61.8 Å². The summed E-state index contributed by atoms with van der Waals surface area (Å²) in [4.78, 5) is 32.8. The zero-order chi connectivity index (χ0) is 20.5. The van der Waals surface area contributed by atoms with Gasteiger partial charge in [-0.25, -0.2) is 4.98 Å². The molecule has 0 bridgehead atoms. The molecule has 2 aliphatic heterocycles. The molecular formula is C21H22N4O3S. The number of benzene rings is 1. The third-order valence-corrected chi connectivity index (χ3v) is 5.47. The number of hydrogen-bond donors (Lipinski definition) is 1. The van der Waals surface area contributed by atoms with Crippen LogP contribution in [0.15, 0.2) is 30.0 Å². The fourth-order valence-corrected chi connectivity index (χ4v) is 4.09. The van der Waals surface area contributed by atoms with Crippen LogP contribution in [0.5, 0.6) is 5.75 Å². The van der Waals surface area contributed by atoms with E-state index in [0.717, 1.165) is 54.0 Å². The minimum absolute atomic E-state index is 0.101. The third kappa shape index (κ3) is 3.67. The summed E-state index contributed by atoms with van der Waals surface area (Å²) in [5.41, 5.74) is 1.84. The lowest BCUT2D eigenvalue weighted by Gasteiger charge is -2.29. The van der Waals surface area contributed by atoms with Crippen LogP contribution in [-0.2, 0) is 9.59 Å². The van der Waals surface area contributed by atoms with Gasteiger partial charge in [0, 0.05) is 31.0 Å². The zero-order valence-electron chi connectivity index (χ0n) is 16.4. The van der Waals surface area contributed by atoms with Gasteiger partial charge in [0.25, 0.3) is 5.91 Å². The van der Waals surface area contributed by atoms with Crippen LogP contribution in [-0.4, -0.2) is 47.0 Å². The average molecular weight is 410 g/mol. The van der Waals surface area contributed by atoms with E-state index >= 15 is 0 Å². The Balaban J connectivity index is 1.89. The van der Waals surface area contributed by atoms with E-state index < -0.39 is 0 Å². The summed E-state index contributed by atoms with van der Waals surface area (Å²) < 4.78 is 5.33. The van der Waals surface area contributed by atoms with Crippen LogP contribution >= 0.6 is 12.2 Å². The van der Waals surface area contributed by atoms with Gasteiger partial charge in [0.2, 0.25) is 5.91 Å². The highest BCUT2D eigenvalue weighted by Crippen LogP contribution is 2.31. The fourth-order valence-electron chi connectivity index (χ4n) is 3.77. The van der Waals surface area contributed by atoms with Crippen LogP contribution in [0.2, 0.25) is 0 Å². The molecule has 0 spiro atoms. The molecule has 8 heteroatoms. The number of methoxy groups -OCH3 is 1. The number of nitrogens with zero attached hydrogens (tertiary/aromatic N) is 3. The summed E-state index contributed by atoms with van der Waals surface area (Å²) in [5.74, 6) is 0.841. The van der Waals surface area contributed by atoms with Crippen molar-refractivity contribution in [1.82, 2.24) is 15.2 Å². The van der Waals surface area contributed by atoms with Crippen LogP contribution < -0.4 is 15.0 Å². The molecule has 4 rings (SSSR count). The first-order valence-corrected chi connectivity index (χ1v) is 10.00. The molecule has 29 heavy (non-hydrogen) atoms. The maximum Gasteiger partial charge on any atom is 0.274 e. The molecule has 150 valence electrons. The highest BCUT2D eigenvalue weighted by Gasteiger charge is 2.33. The first-order valence-electron chi connectivity index (χ1n) is 9.59. The number of hydrogen-bond acceptors (Lipinski definition) is 6. The van der Waals surface area contributed by atoms with E-state index in [4.69, 9.17) is 21.9 Å². The SMILES string of the molecule is COc1ccc2nc(N3CCCCC3)c(/C=C3\C(=O)NC(=S)N3C(C)=O)cc2c1. The van der Waals surface area contributed by atoms with E-state index in [1.165, 1.54) is 18.2 Å². The van der Waals surface area contributed by atoms with E-state index in [-0.39, 0.29) is 22.6 Å². The highest BCUT2D eigenvalue weighted by molar-refractivity contribution is 7.80. The number of carbonyl (C=O) groups excluding carboxylic acids is 2. The molecule has 0 unspecified atom stereocenters. The van der Waals surface area contributed by atoms with E-state index in [0.29, 0.717) is 0 Å². The standard InChI is InChI=1S/C21H22N4O3S/c1-13(26)25-18(20(27)23-21(25)29)12-15-10-14-11-16(28-2)6-7-17(14)22-19(15)24-8-4-3-5-9-24/h6-7,10-12H,3-5,8-9H2,1-2H3,(H,23,27,29)/b18-12+. The molecule has 1 aromatic heterocycles. The van der Waals surface area contributed by atoms with Gasteiger partial charge in [0.1, 0.15) is 17.3 Å². The zero-order valence-corrected chi connectivity index (χ0v) is 17.2. The number of piperidine rings is 1. The van der Waals surface area contributed by atoms with Gasteiger partial charge in [-0.3, -0.25) is 19.8 Å². The van der Waals surface area contributed by atoms with E-state index in [1.807, 2.05) is 24.3 Å². The van der Waals surface area contributed by atoms with Crippen molar-refractivity contribution in [3.05, 3.63) is 35.5 Å². The predicted molar refractivity (Wildman–Crippen MR) is 116 cm³/mol. The number of carbonyl (C=O) groups is 2. The number of anilines is 1. The maximum absolute atomic E-state index is 12.4. The monoisotopic (exact) mass is 410 g/mol. The molecular weight excluding hydrogens is 388 g/mol.